The number of aromatic nitrogens is 3. The van der Waals surface area contributed by atoms with E-state index in [1.54, 1.807) is 0 Å². The van der Waals surface area contributed by atoms with Crippen LogP contribution in [0.5, 0.6) is 0 Å². The first-order valence-corrected chi connectivity index (χ1v) is 7.39. The Morgan fingerprint density at radius 1 is 1.25 bits per heavy atom. The van der Waals surface area contributed by atoms with Crippen molar-refractivity contribution in [2.24, 2.45) is 0 Å². The molecule has 2 rings (SSSR count). The molecule has 6 heteroatoms. The molecule has 1 N–H and O–H groups in total. The van der Waals surface area contributed by atoms with Crippen molar-refractivity contribution >= 4 is 17.8 Å². The maximum Gasteiger partial charge on any atom is 0.232 e. The summed E-state index contributed by atoms with van der Waals surface area (Å²) in [6.07, 6.45) is 3.41. The number of hydrogen-bond donors (Lipinski definition) is 1. The summed E-state index contributed by atoms with van der Waals surface area (Å²) in [6.45, 7) is 8.51. The van der Waals surface area contributed by atoms with E-state index in [1.807, 2.05) is 19.0 Å². The number of rotatable bonds is 5. The molecule has 0 atom stereocenters. The molecule has 0 aromatic carbocycles. The second-order valence-electron chi connectivity index (χ2n) is 6.15. The molecule has 0 spiro atoms. The molecule has 1 aliphatic rings. The van der Waals surface area contributed by atoms with Crippen LogP contribution in [0.2, 0.25) is 0 Å². The summed E-state index contributed by atoms with van der Waals surface area (Å²) in [4.78, 5) is 17.9. The Morgan fingerprint density at radius 2 is 2.00 bits per heavy atom. The van der Waals surface area contributed by atoms with Gasteiger partial charge in [-0.25, -0.2) is 0 Å². The van der Waals surface area contributed by atoms with Crippen LogP contribution in [0.15, 0.2) is 0 Å². The number of nitrogens with one attached hydrogen (secondary N) is 1. The van der Waals surface area contributed by atoms with Crippen LogP contribution < -0.4 is 15.1 Å². The SMILES string of the molecule is CCCNc1nc(N(C)C)nc(N2CCCC2(C)C)n1. The van der Waals surface area contributed by atoms with Gasteiger partial charge in [0.25, 0.3) is 0 Å². The van der Waals surface area contributed by atoms with Crippen LogP contribution in [0.3, 0.4) is 0 Å². The van der Waals surface area contributed by atoms with Crippen LogP contribution in [0.1, 0.15) is 40.0 Å². The van der Waals surface area contributed by atoms with Crippen LogP contribution in [0.25, 0.3) is 0 Å². The van der Waals surface area contributed by atoms with Gasteiger partial charge in [-0.2, -0.15) is 15.0 Å². The molecule has 20 heavy (non-hydrogen) atoms. The fraction of sp³-hybridized carbons (Fsp3) is 0.786. The van der Waals surface area contributed by atoms with E-state index in [4.69, 9.17) is 0 Å². The summed E-state index contributed by atoms with van der Waals surface area (Å²) in [6, 6.07) is 0. The van der Waals surface area contributed by atoms with E-state index in [1.165, 1.54) is 12.8 Å². The summed E-state index contributed by atoms with van der Waals surface area (Å²) in [5, 5.41) is 3.27. The van der Waals surface area contributed by atoms with Crippen molar-refractivity contribution in [3.8, 4) is 0 Å². The zero-order chi connectivity index (χ0) is 14.8. The largest absolute Gasteiger partial charge is 0.354 e. The van der Waals surface area contributed by atoms with Crippen LogP contribution in [-0.4, -0.2) is 47.7 Å². The lowest BCUT2D eigenvalue weighted by molar-refractivity contribution is 0.509. The van der Waals surface area contributed by atoms with Crippen LogP contribution in [-0.2, 0) is 0 Å². The highest BCUT2D eigenvalue weighted by molar-refractivity contribution is 5.46. The van der Waals surface area contributed by atoms with Crippen molar-refractivity contribution in [1.82, 2.24) is 15.0 Å². The molecule has 1 aromatic heterocycles. The third kappa shape index (κ3) is 3.11. The van der Waals surface area contributed by atoms with Gasteiger partial charge in [-0.05, 0) is 33.1 Å². The summed E-state index contributed by atoms with van der Waals surface area (Å²) < 4.78 is 0. The molecule has 2 heterocycles. The van der Waals surface area contributed by atoms with Crippen molar-refractivity contribution in [1.29, 1.82) is 0 Å². The summed E-state index contributed by atoms with van der Waals surface area (Å²) >= 11 is 0. The van der Waals surface area contributed by atoms with Crippen molar-refractivity contribution < 1.29 is 0 Å². The minimum absolute atomic E-state index is 0.118. The van der Waals surface area contributed by atoms with Gasteiger partial charge in [0.05, 0.1) is 0 Å². The second kappa shape index (κ2) is 5.81. The highest BCUT2D eigenvalue weighted by Gasteiger charge is 2.34. The van der Waals surface area contributed by atoms with Gasteiger partial charge in [0.15, 0.2) is 0 Å². The minimum Gasteiger partial charge on any atom is -0.354 e. The molecular formula is C14H26N6. The smallest absolute Gasteiger partial charge is 0.232 e. The number of hydrogen-bond acceptors (Lipinski definition) is 6. The van der Waals surface area contributed by atoms with Gasteiger partial charge in [-0.3, -0.25) is 0 Å². The Hall–Kier alpha value is -1.59. The number of nitrogens with zero attached hydrogens (tertiary/aromatic N) is 5. The third-order valence-corrected chi connectivity index (χ3v) is 3.69. The lowest BCUT2D eigenvalue weighted by atomic mass is 10.0. The molecule has 1 fully saturated rings. The monoisotopic (exact) mass is 278 g/mol. The first kappa shape index (κ1) is 14.8. The Kier molecular flexibility index (Phi) is 4.30. The predicted molar refractivity (Wildman–Crippen MR) is 83.6 cm³/mol. The molecule has 0 aliphatic carbocycles. The van der Waals surface area contributed by atoms with Crippen molar-refractivity contribution in [3.05, 3.63) is 0 Å². The zero-order valence-electron chi connectivity index (χ0n) is 13.3. The maximum absolute atomic E-state index is 4.61. The molecular weight excluding hydrogens is 252 g/mol. The summed E-state index contributed by atoms with van der Waals surface area (Å²) in [5.74, 6) is 2.16. The van der Waals surface area contributed by atoms with Crippen LogP contribution in [0.4, 0.5) is 17.8 Å². The van der Waals surface area contributed by atoms with E-state index >= 15 is 0 Å². The standard InChI is InChI=1S/C14H26N6/c1-6-9-15-11-16-12(19(4)5)18-13(17-11)20-10-7-8-14(20,2)3/h6-10H2,1-5H3,(H,15,16,17,18). The quantitative estimate of drug-likeness (QED) is 0.890. The highest BCUT2D eigenvalue weighted by atomic mass is 15.4. The first-order chi connectivity index (χ1) is 9.44. The lowest BCUT2D eigenvalue weighted by Crippen LogP contribution is -2.39. The lowest BCUT2D eigenvalue weighted by Gasteiger charge is -2.32. The van der Waals surface area contributed by atoms with E-state index in [0.29, 0.717) is 11.9 Å². The zero-order valence-corrected chi connectivity index (χ0v) is 13.3. The highest BCUT2D eigenvalue weighted by Crippen LogP contribution is 2.32. The normalized spacial score (nSPS) is 17.4. The fourth-order valence-electron chi connectivity index (χ4n) is 2.47. The predicted octanol–water partition coefficient (Wildman–Crippen LogP) is 2.14. The Bertz CT molecular complexity index is 457. The summed E-state index contributed by atoms with van der Waals surface area (Å²) in [5.41, 5.74) is 0.118. The number of anilines is 3. The summed E-state index contributed by atoms with van der Waals surface area (Å²) in [7, 11) is 3.91. The van der Waals surface area contributed by atoms with Gasteiger partial charge in [0, 0.05) is 32.7 Å². The molecule has 1 aliphatic heterocycles. The van der Waals surface area contributed by atoms with E-state index < -0.39 is 0 Å². The average molecular weight is 278 g/mol. The molecule has 0 saturated carbocycles. The molecule has 1 saturated heterocycles. The molecule has 0 unspecified atom stereocenters. The first-order valence-electron chi connectivity index (χ1n) is 7.39. The Balaban J connectivity index is 2.33. The average Bonchev–Trinajstić information content (AvgIpc) is 2.75. The molecule has 6 nitrogen and oxygen atoms in total. The second-order valence-corrected chi connectivity index (χ2v) is 6.15. The topological polar surface area (TPSA) is 57.2 Å². The van der Waals surface area contributed by atoms with Gasteiger partial charge >= 0.3 is 0 Å². The van der Waals surface area contributed by atoms with Crippen molar-refractivity contribution in [3.63, 3.8) is 0 Å². The van der Waals surface area contributed by atoms with E-state index in [2.05, 4.69) is 45.9 Å². The van der Waals surface area contributed by atoms with Gasteiger partial charge in [0.2, 0.25) is 17.8 Å². The van der Waals surface area contributed by atoms with Crippen molar-refractivity contribution in [2.45, 2.75) is 45.6 Å². The Morgan fingerprint density at radius 3 is 2.55 bits per heavy atom. The van der Waals surface area contributed by atoms with Crippen molar-refractivity contribution in [2.75, 3.05) is 42.3 Å². The van der Waals surface area contributed by atoms with Gasteiger partial charge in [-0.1, -0.05) is 6.92 Å². The van der Waals surface area contributed by atoms with Gasteiger partial charge in [-0.15, -0.1) is 0 Å². The molecule has 1 aromatic rings. The van der Waals surface area contributed by atoms with E-state index in [0.717, 1.165) is 25.5 Å². The van der Waals surface area contributed by atoms with Gasteiger partial charge < -0.3 is 15.1 Å². The molecule has 0 amide bonds. The Labute approximate surface area is 121 Å². The minimum atomic E-state index is 0.118. The van der Waals surface area contributed by atoms with Crippen LogP contribution >= 0.6 is 0 Å². The molecule has 112 valence electrons. The molecule has 0 radical (unpaired) electrons. The van der Waals surface area contributed by atoms with E-state index in [-0.39, 0.29) is 5.54 Å². The molecule has 0 bridgehead atoms. The third-order valence-electron chi connectivity index (χ3n) is 3.69. The maximum atomic E-state index is 4.61. The van der Waals surface area contributed by atoms with Crippen LogP contribution in [0, 0.1) is 0 Å². The van der Waals surface area contributed by atoms with Gasteiger partial charge in [0.1, 0.15) is 0 Å². The van der Waals surface area contributed by atoms with E-state index in [9.17, 15) is 0 Å². The fourth-order valence-corrected chi connectivity index (χ4v) is 2.47.